The van der Waals surface area contributed by atoms with Gasteiger partial charge in [-0.15, -0.1) is 24.0 Å². The van der Waals surface area contributed by atoms with E-state index >= 15 is 0 Å². The second-order valence-corrected chi connectivity index (χ2v) is 5.81. The highest BCUT2D eigenvalue weighted by atomic mass is 127. The molecule has 0 aromatic heterocycles. The summed E-state index contributed by atoms with van der Waals surface area (Å²) in [6.07, 6.45) is 2.95. The summed E-state index contributed by atoms with van der Waals surface area (Å²) in [5.41, 5.74) is 0.884. The molecule has 1 aromatic rings. The van der Waals surface area contributed by atoms with Crippen LogP contribution in [0.5, 0.6) is 11.5 Å². The van der Waals surface area contributed by atoms with Crippen molar-refractivity contribution in [3.05, 3.63) is 18.2 Å². The first kappa shape index (κ1) is 24.8. The normalized spacial score (nSPS) is 12.1. The third-order valence-electron chi connectivity index (χ3n) is 3.81. The smallest absolute Gasteiger partial charge is 0.195 e. The maximum absolute atomic E-state index is 9.19. The van der Waals surface area contributed by atoms with Gasteiger partial charge in [0, 0.05) is 31.5 Å². The molecule has 0 bridgehead atoms. The van der Waals surface area contributed by atoms with Crippen LogP contribution >= 0.6 is 24.0 Å². The Balaban J connectivity index is 0.00000625. The van der Waals surface area contributed by atoms with Gasteiger partial charge in [0.2, 0.25) is 0 Å². The summed E-state index contributed by atoms with van der Waals surface area (Å²) >= 11 is 0. The van der Waals surface area contributed by atoms with Gasteiger partial charge in [0.05, 0.1) is 13.7 Å². The fraction of sp³-hybridized carbons (Fsp3) is 0.632. The van der Waals surface area contributed by atoms with Crippen LogP contribution in [0, 0.1) is 5.92 Å². The molecular formula is C19H34IN3O3. The number of aliphatic imine (C=N–C) groups is 1. The number of aliphatic hydroxyl groups excluding tert-OH is 1. The molecule has 0 amide bonds. The molecule has 0 radical (unpaired) electrons. The molecule has 0 fully saturated rings. The summed E-state index contributed by atoms with van der Waals surface area (Å²) in [5, 5.41) is 15.7. The molecule has 0 spiro atoms. The van der Waals surface area contributed by atoms with E-state index in [2.05, 4.69) is 22.5 Å². The van der Waals surface area contributed by atoms with Gasteiger partial charge in [-0.05, 0) is 44.7 Å². The Morgan fingerprint density at radius 3 is 2.54 bits per heavy atom. The van der Waals surface area contributed by atoms with Crippen LogP contribution in [-0.4, -0.2) is 44.5 Å². The molecule has 7 heteroatoms. The zero-order chi connectivity index (χ0) is 18.5. The summed E-state index contributed by atoms with van der Waals surface area (Å²) in [6, 6.07) is 5.73. The van der Waals surface area contributed by atoms with Crippen molar-refractivity contribution < 1.29 is 14.6 Å². The van der Waals surface area contributed by atoms with Gasteiger partial charge in [-0.3, -0.25) is 4.99 Å². The van der Waals surface area contributed by atoms with Crippen LogP contribution < -0.4 is 20.1 Å². The molecule has 1 rings (SSSR count). The molecule has 1 unspecified atom stereocenters. The molecule has 0 saturated heterocycles. The van der Waals surface area contributed by atoms with Gasteiger partial charge in [0.1, 0.15) is 0 Å². The molecule has 0 aliphatic rings. The lowest BCUT2D eigenvalue weighted by atomic mass is 10.0. The zero-order valence-electron chi connectivity index (χ0n) is 16.4. The molecular weight excluding hydrogens is 445 g/mol. The molecule has 0 saturated carbocycles. The predicted octanol–water partition coefficient (Wildman–Crippen LogP) is 3.89. The standard InChI is InChI=1S/C19H33N3O3.HI/c1-5-8-15(11-12-23)14-21-19(20-6-2)22-16-9-10-17(25-7-3)18(13-16)24-4;/h9-10,13,15,23H,5-8,11-12,14H2,1-4H3,(H2,20,21,22);1H. The van der Waals surface area contributed by atoms with Gasteiger partial charge < -0.3 is 25.2 Å². The predicted molar refractivity (Wildman–Crippen MR) is 119 cm³/mol. The monoisotopic (exact) mass is 479 g/mol. The highest BCUT2D eigenvalue weighted by Gasteiger charge is 2.09. The lowest BCUT2D eigenvalue weighted by Gasteiger charge is -2.16. The largest absolute Gasteiger partial charge is 0.493 e. The van der Waals surface area contributed by atoms with Crippen molar-refractivity contribution in [2.45, 2.75) is 40.0 Å². The number of anilines is 1. The van der Waals surface area contributed by atoms with Crippen molar-refractivity contribution in [1.29, 1.82) is 0 Å². The summed E-state index contributed by atoms with van der Waals surface area (Å²) < 4.78 is 10.9. The fourth-order valence-corrected chi connectivity index (χ4v) is 2.60. The first-order valence-corrected chi connectivity index (χ1v) is 9.15. The second kappa shape index (κ2) is 14.9. The van der Waals surface area contributed by atoms with Crippen LogP contribution in [0.1, 0.15) is 40.0 Å². The lowest BCUT2D eigenvalue weighted by molar-refractivity contribution is 0.253. The van der Waals surface area contributed by atoms with Crippen molar-refractivity contribution >= 4 is 35.6 Å². The number of rotatable bonds is 11. The third kappa shape index (κ3) is 8.93. The third-order valence-corrected chi connectivity index (χ3v) is 3.81. The summed E-state index contributed by atoms with van der Waals surface area (Å²) in [5.74, 6) is 2.54. The van der Waals surface area contributed by atoms with E-state index in [9.17, 15) is 5.11 Å². The van der Waals surface area contributed by atoms with Crippen molar-refractivity contribution in [3.8, 4) is 11.5 Å². The quantitative estimate of drug-likeness (QED) is 0.255. The molecule has 1 aromatic carbocycles. The second-order valence-electron chi connectivity index (χ2n) is 5.81. The van der Waals surface area contributed by atoms with Crippen LogP contribution in [0.15, 0.2) is 23.2 Å². The highest BCUT2D eigenvalue weighted by molar-refractivity contribution is 14.0. The number of benzene rings is 1. The van der Waals surface area contributed by atoms with E-state index in [1.54, 1.807) is 7.11 Å². The number of ether oxygens (including phenoxy) is 2. The number of hydrogen-bond acceptors (Lipinski definition) is 4. The van der Waals surface area contributed by atoms with Gasteiger partial charge in [0.15, 0.2) is 17.5 Å². The Bertz CT molecular complexity index is 521. The Labute approximate surface area is 174 Å². The molecule has 0 aliphatic carbocycles. The Kier molecular flexibility index (Phi) is 14.2. The average molecular weight is 479 g/mol. The summed E-state index contributed by atoms with van der Waals surface area (Å²) in [4.78, 5) is 4.67. The van der Waals surface area contributed by atoms with E-state index in [0.717, 1.165) is 43.2 Å². The van der Waals surface area contributed by atoms with Crippen LogP contribution in [0.4, 0.5) is 5.69 Å². The first-order valence-electron chi connectivity index (χ1n) is 9.15. The van der Waals surface area contributed by atoms with Gasteiger partial charge in [-0.2, -0.15) is 0 Å². The number of methoxy groups -OCH3 is 1. The maximum atomic E-state index is 9.19. The van der Waals surface area contributed by atoms with Crippen LogP contribution in [0.25, 0.3) is 0 Å². The number of aliphatic hydroxyl groups is 1. The van der Waals surface area contributed by atoms with E-state index in [-0.39, 0.29) is 30.6 Å². The van der Waals surface area contributed by atoms with E-state index in [1.807, 2.05) is 32.0 Å². The average Bonchev–Trinajstić information content (AvgIpc) is 2.61. The van der Waals surface area contributed by atoms with Crippen LogP contribution in [0.3, 0.4) is 0 Å². The SMILES string of the molecule is CCCC(CCO)CN=C(NCC)Nc1ccc(OCC)c(OC)c1.I. The van der Waals surface area contributed by atoms with Gasteiger partial charge in [-0.1, -0.05) is 13.3 Å². The van der Waals surface area contributed by atoms with Gasteiger partial charge in [-0.25, -0.2) is 0 Å². The van der Waals surface area contributed by atoms with Crippen molar-refractivity contribution in [3.63, 3.8) is 0 Å². The topological polar surface area (TPSA) is 75.1 Å². The van der Waals surface area contributed by atoms with Gasteiger partial charge >= 0.3 is 0 Å². The van der Waals surface area contributed by atoms with E-state index in [1.165, 1.54) is 0 Å². The van der Waals surface area contributed by atoms with Crippen molar-refractivity contribution in [1.82, 2.24) is 5.32 Å². The summed E-state index contributed by atoms with van der Waals surface area (Å²) in [7, 11) is 1.63. The Hall–Kier alpha value is -1.22. The first-order chi connectivity index (χ1) is 12.2. The van der Waals surface area contributed by atoms with E-state index in [4.69, 9.17) is 9.47 Å². The van der Waals surface area contributed by atoms with Gasteiger partial charge in [0.25, 0.3) is 0 Å². The van der Waals surface area contributed by atoms with Crippen LogP contribution in [0.2, 0.25) is 0 Å². The van der Waals surface area contributed by atoms with Crippen LogP contribution in [-0.2, 0) is 0 Å². The number of nitrogens with zero attached hydrogens (tertiary/aromatic N) is 1. The summed E-state index contributed by atoms with van der Waals surface area (Å²) in [6.45, 7) is 8.41. The minimum Gasteiger partial charge on any atom is -0.493 e. The fourth-order valence-electron chi connectivity index (χ4n) is 2.60. The molecule has 26 heavy (non-hydrogen) atoms. The van der Waals surface area contributed by atoms with E-state index in [0.29, 0.717) is 24.8 Å². The maximum Gasteiger partial charge on any atom is 0.195 e. The molecule has 0 heterocycles. The molecule has 0 aliphatic heterocycles. The number of halogens is 1. The van der Waals surface area contributed by atoms with Crippen molar-refractivity contribution in [2.75, 3.05) is 38.7 Å². The molecule has 6 nitrogen and oxygen atoms in total. The Morgan fingerprint density at radius 1 is 1.19 bits per heavy atom. The number of guanidine groups is 1. The number of nitrogens with one attached hydrogen (secondary N) is 2. The lowest BCUT2D eigenvalue weighted by Crippen LogP contribution is -2.31. The molecule has 3 N–H and O–H groups in total. The molecule has 150 valence electrons. The Morgan fingerprint density at radius 2 is 1.96 bits per heavy atom. The molecule has 1 atom stereocenters. The van der Waals surface area contributed by atoms with E-state index < -0.39 is 0 Å². The number of hydrogen-bond donors (Lipinski definition) is 3. The minimum absolute atomic E-state index is 0. The zero-order valence-corrected chi connectivity index (χ0v) is 18.7. The minimum atomic E-state index is 0. The van der Waals surface area contributed by atoms with Crippen molar-refractivity contribution in [2.24, 2.45) is 10.9 Å². The highest BCUT2D eigenvalue weighted by Crippen LogP contribution is 2.30.